The maximum atomic E-state index is 13.3. The minimum Gasteiger partial charge on any atom is -0.464 e. The monoisotopic (exact) mass is 398 g/mol. The fourth-order valence-electron chi connectivity index (χ4n) is 2.77. The van der Waals surface area contributed by atoms with Crippen LogP contribution >= 0.6 is 11.5 Å². The molecule has 146 valence electrons. The van der Waals surface area contributed by atoms with Gasteiger partial charge in [0.25, 0.3) is 11.8 Å². The van der Waals surface area contributed by atoms with Crippen LogP contribution in [0.4, 0.5) is 5.69 Å². The SMILES string of the molecule is Cc1ccc([C@H](C(=O)NC(C)(C)C)N(C(=O)c2csnn2)c2ccccc2)o1. The van der Waals surface area contributed by atoms with Crippen LogP contribution in [0.25, 0.3) is 0 Å². The Morgan fingerprint density at radius 3 is 2.39 bits per heavy atom. The Kier molecular flexibility index (Phi) is 5.60. The van der Waals surface area contributed by atoms with Crippen LogP contribution in [-0.2, 0) is 4.79 Å². The number of furan rings is 1. The highest BCUT2D eigenvalue weighted by Gasteiger charge is 2.37. The average molecular weight is 398 g/mol. The lowest BCUT2D eigenvalue weighted by Gasteiger charge is -2.32. The van der Waals surface area contributed by atoms with Gasteiger partial charge in [-0.25, -0.2) is 0 Å². The van der Waals surface area contributed by atoms with Gasteiger partial charge in [-0.05, 0) is 63.5 Å². The van der Waals surface area contributed by atoms with E-state index < -0.39 is 17.5 Å². The summed E-state index contributed by atoms with van der Waals surface area (Å²) in [6.07, 6.45) is 0. The first-order valence-electron chi connectivity index (χ1n) is 8.80. The van der Waals surface area contributed by atoms with E-state index in [9.17, 15) is 9.59 Å². The van der Waals surface area contributed by atoms with Gasteiger partial charge in [-0.1, -0.05) is 22.7 Å². The van der Waals surface area contributed by atoms with Crippen molar-refractivity contribution in [2.45, 2.75) is 39.3 Å². The Labute approximate surface area is 167 Å². The molecule has 0 spiro atoms. The van der Waals surface area contributed by atoms with Crippen molar-refractivity contribution < 1.29 is 14.0 Å². The van der Waals surface area contributed by atoms with Crippen LogP contribution in [0.15, 0.2) is 52.3 Å². The molecular weight excluding hydrogens is 376 g/mol. The van der Waals surface area contributed by atoms with Gasteiger partial charge in [0.2, 0.25) is 0 Å². The molecule has 1 aromatic carbocycles. The molecule has 3 aromatic rings. The second-order valence-electron chi connectivity index (χ2n) is 7.39. The number of benzene rings is 1. The lowest BCUT2D eigenvalue weighted by molar-refractivity contribution is -0.124. The summed E-state index contributed by atoms with van der Waals surface area (Å²) in [6.45, 7) is 7.44. The summed E-state index contributed by atoms with van der Waals surface area (Å²) in [5.41, 5.74) is 0.249. The van der Waals surface area contributed by atoms with Crippen LogP contribution in [0, 0.1) is 6.92 Å². The second kappa shape index (κ2) is 7.93. The number of carbonyl (C=O) groups excluding carboxylic acids is 2. The number of aryl methyl sites for hydroxylation is 1. The highest BCUT2D eigenvalue weighted by Crippen LogP contribution is 2.31. The van der Waals surface area contributed by atoms with E-state index in [1.54, 1.807) is 48.7 Å². The summed E-state index contributed by atoms with van der Waals surface area (Å²) >= 11 is 1.08. The molecule has 2 amide bonds. The van der Waals surface area contributed by atoms with E-state index in [0.717, 1.165) is 11.5 Å². The van der Waals surface area contributed by atoms with Crippen LogP contribution < -0.4 is 10.2 Å². The Hall–Kier alpha value is -3.00. The minimum atomic E-state index is -0.996. The molecule has 0 aliphatic rings. The Bertz CT molecular complexity index is 946. The lowest BCUT2D eigenvalue weighted by Crippen LogP contribution is -2.49. The summed E-state index contributed by atoms with van der Waals surface area (Å²) in [5.74, 6) is 0.254. The highest BCUT2D eigenvalue weighted by atomic mass is 32.1. The van der Waals surface area contributed by atoms with Crippen molar-refractivity contribution in [1.82, 2.24) is 14.9 Å². The van der Waals surface area contributed by atoms with Crippen molar-refractivity contribution in [3.63, 3.8) is 0 Å². The third-order valence-electron chi connectivity index (χ3n) is 3.87. The molecule has 1 N–H and O–H groups in total. The molecular formula is C20H22N4O3S. The molecule has 0 unspecified atom stereocenters. The molecule has 7 nitrogen and oxygen atoms in total. The fourth-order valence-corrected chi connectivity index (χ4v) is 3.20. The van der Waals surface area contributed by atoms with Gasteiger partial charge in [0.1, 0.15) is 11.5 Å². The average Bonchev–Trinajstić information content (AvgIpc) is 3.30. The molecule has 3 rings (SSSR count). The molecule has 0 bridgehead atoms. The molecule has 0 saturated carbocycles. The molecule has 0 fully saturated rings. The van der Waals surface area contributed by atoms with E-state index in [-0.39, 0.29) is 11.6 Å². The Morgan fingerprint density at radius 2 is 1.86 bits per heavy atom. The number of anilines is 1. The summed E-state index contributed by atoms with van der Waals surface area (Å²) < 4.78 is 9.54. The number of aromatic nitrogens is 2. The van der Waals surface area contributed by atoms with E-state index in [0.29, 0.717) is 17.2 Å². The van der Waals surface area contributed by atoms with Crippen LogP contribution in [0.3, 0.4) is 0 Å². The van der Waals surface area contributed by atoms with Crippen molar-refractivity contribution in [3.8, 4) is 0 Å². The number of para-hydroxylation sites is 1. The molecule has 2 aromatic heterocycles. The van der Waals surface area contributed by atoms with Gasteiger partial charge in [-0.2, -0.15) is 0 Å². The smallest absolute Gasteiger partial charge is 0.280 e. The topological polar surface area (TPSA) is 88.3 Å². The minimum absolute atomic E-state index is 0.172. The van der Waals surface area contributed by atoms with Gasteiger partial charge in [0, 0.05) is 16.6 Å². The van der Waals surface area contributed by atoms with Gasteiger partial charge in [-0.3, -0.25) is 14.5 Å². The van der Waals surface area contributed by atoms with Gasteiger partial charge >= 0.3 is 0 Å². The van der Waals surface area contributed by atoms with E-state index >= 15 is 0 Å². The molecule has 1 atom stereocenters. The molecule has 0 aliphatic heterocycles. The molecule has 2 heterocycles. The maximum absolute atomic E-state index is 13.3. The van der Waals surface area contributed by atoms with E-state index in [1.807, 2.05) is 26.8 Å². The number of carbonyl (C=O) groups is 2. The lowest BCUT2D eigenvalue weighted by atomic mass is 10.1. The molecule has 8 heteroatoms. The summed E-state index contributed by atoms with van der Waals surface area (Å²) in [6, 6.07) is 11.5. The molecule has 0 aliphatic carbocycles. The number of hydrogen-bond donors (Lipinski definition) is 1. The Morgan fingerprint density at radius 1 is 1.14 bits per heavy atom. The zero-order chi connectivity index (χ0) is 20.3. The number of amides is 2. The van der Waals surface area contributed by atoms with Crippen molar-refractivity contribution >= 4 is 29.0 Å². The van der Waals surface area contributed by atoms with Gasteiger partial charge in [-0.15, -0.1) is 5.10 Å². The number of hydrogen-bond acceptors (Lipinski definition) is 6. The van der Waals surface area contributed by atoms with Crippen LogP contribution in [0.5, 0.6) is 0 Å². The highest BCUT2D eigenvalue weighted by molar-refractivity contribution is 7.03. The number of nitrogens with zero attached hydrogens (tertiary/aromatic N) is 3. The van der Waals surface area contributed by atoms with Gasteiger partial charge < -0.3 is 9.73 Å². The first-order valence-corrected chi connectivity index (χ1v) is 9.64. The first-order chi connectivity index (χ1) is 13.3. The van der Waals surface area contributed by atoms with E-state index in [4.69, 9.17) is 4.42 Å². The predicted molar refractivity (Wildman–Crippen MR) is 107 cm³/mol. The number of rotatable bonds is 5. The largest absolute Gasteiger partial charge is 0.464 e. The standard InChI is InChI=1S/C20H22N4O3S/c1-13-10-11-16(27-13)17(18(25)21-20(2,3)4)24(14-8-6-5-7-9-14)19(26)15-12-28-23-22-15/h5-12,17H,1-4H3,(H,21,25)/t17-/m1/s1. The third-order valence-corrected chi connectivity index (χ3v) is 4.37. The predicted octanol–water partition coefficient (Wildman–Crippen LogP) is 3.74. The third kappa shape index (κ3) is 4.45. The molecule has 0 saturated heterocycles. The quantitative estimate of drug-likeness (QED) is 0.707. The van der Waals surface area contributed by atoms with Gasteiger partial charge in [0.05, 0.1) is 0 Å². The molecule has 0 radical (unpaired) electrons. The van der Waals surface area contributed by atoms with Crippen molar-refractivity contribution in [2.75, 3.05) is 4.90 Å². The molecule has 28 heavy (non-hydrogen) atoms. The van der Waals surface area contributed by atoms with E-state index in [2.05, 4.69) is 14.9 Å². The normalized spacial score (nSPS) is 12.4. The van der Waals surface area contributed by atoms with Crippen LogP contribution in [-0.4, -0.2) is 26.9 Å². The summed E-state index contributed by atoms with van der Waals surface area (Å²) in [4.78, 5) is 28.0. The summed E-state index contributed by atoms with van der Waals surface area (Å²) in [5, 5.41) is 8.40. The Balaban J connectivity index is 2.13. The number of nitrogens with one attached hydrogen (secondary N) is 1. The van der Waals surface area contributed by atoms with E-state index in [1.165, 1.54) is 4.90 Å². The first kappa shape index (κ1) is 19.8. The fraction of sp³-hybridized carbons (Fsp3) is 0.300. The zero-order valence-electron chi connectivity index (χ0n) is 16.2. The van der Waals surface area contributed by atoms with Crippen molar-refractivity contribution in [1.29, 1.82) is 0 Å². The zero-order valence-corrected chi connectivity index (χ0v) is 17.0. The van der Waals surface area contributed by atoms with Crippen LogP contribution in [0.2, 0.25) is 0 Å². The maximum Gasteiger partial charge on any atom is 0.280 e. The summed E-state index contributed by atoms with van der Waals surface area (Å²) in [7, 11) is 0. The van der Waals surface area contributed by atoms with Crippen molar-refractivity contribution in [2.24, 2.45) is 0 Å². The van der Waals surface area contributed by atoms with Crippen molar-refractivity contribution in [3.05, 3.63) is 65.1 Å². The van der Waals surface area contributed by atoms with Gasteiger partial charge in [0.15, 0.2) is 11.7 Å². The van der Waals surface area contributed by atoms with Crippen LogP contribution in [0.1, 0.15) is 48.8 Å². The second-order valence-corrected chi connectivity index (χ2v) is 8.00.